The molecule has 0 amide bonds. The van der Waals surface area contributed by atoms with Gasteiger partial charge < -0.3 is 5.11 Å². The highest BCUT2D eigenvalue weighted by atomic mass is 16.4. The zero-order valence-corrected chi connectivity index (χ0v) is 10.3. The van der Waals surface area contributed by atoms with Gasteiger partial charge in [0.15, 0.2) is 0 Å². The van der Waals surface area contributed by atoms with E-state index in [4.69, 9.17) is 0 Å². The summed E-state index contributed by atoms with van der Waals surface area (Å²) in [7, 11) is 0. The Morgan fingerprint density at radius 2 is 2.35 bits per heavy atom. The van der Waals surface area contributed by atoms with Crippen molar-refractivity contribution in [1.29, 1.82) is 0 Å². The first kappa shape index (κ1) is 12.0. The van der Waals surface area contributed by atoms with Gasteiger partial charge in [-0.15, -0.1) is 0 Å². The Morgan fingerprint density at radius 1 is 1.59 bits per heavy atom. The summed E-state index contributed by atoms with van der Waals surface area (Å²) in [6.45, 7) is 5.46. The summed E-state index contributed by atoms with van der Waals surface area (Å²) in [5.74, 6) is -0.500. The minimum Gasteiger partial charge on any atom is -0.480 e. The monoisotopic (exact) mass is 234 g/mol. The van der Waals surface area contributed by atoms with Gasteiger partial charge in [-0.05, 0) is 37.4 Å². The highest BCUT2D eigenvalue weighted by Crippen LogP contribution is 2.25. The molecule has 4 heteroatoms. The normalized spacial score (nSPS) is 25.1. The molecule has 0 aliphatic carbocycles. The van der Waals surface area contributed by atoms with Crippen LogP contribution in [0.1, 0.15) is 24.6 Å². The summed E-state index contributed by atoms with van der Waals surface area (Å²) in [6, 6.07) is 3.62. The third-order valence-electron chi connectivity index (χ3n) is 3.39. The molecule has 0 radical (unpaired) electrons. The topological polar surface area (TPSA) is 53.4 Å². The molecule has 0 aromatic carbocycles. The molecule has 1 aliphatic rings. The molecule has 1 fully saturated rings. The number of aliphatic carboxylic acids is 1. The van der Waals surface area contributed by atoms with Crippen LogP contribution >= 0.6 is 0 Å². The zero-order chi connectivity index (χ0) is 12.4. The molecule has 1 N–H and O–H groups in total. The lowest BCUT2D eigenvalue weighted by atomic mass is 10.0. The number of aromatic nitrogens is 1. The van der Waals surface area contributed by atoms with Crippen molar-refractivity contribution >= 4 is 5.97 Å². The second-order valence-electron chi connectivity index (χ2n) is 4.85. The number of hydrogen-bond donors (Lipinski definition) is 1. The molecular weight excluding hydrogens is 216 g/mol. The molecule has 0 spiro atoms. The number of pyridine rings is 1. The molecule has 17 heavy (non-hydrogen) atoms. The fourth-order valence-electron chi connectivity index (χ4n) is 2.40. The SMILES string of the molecule is Cc1ccc(CN2CCC(C)C2C(=O)O)nc1. The van der Waals surface area contributed by atoms with Crippen LogP contribution in [-0.4, -0.2) is 33.5 Å². The molecule has 1 saturated heterocycles. The molecule has 2 heterocycles. The Labute approximate surface area is 101 Å². The van der Waals surface area contributed by atoms with Crippen molar-refractivity contribution in [2.24, 2.45) is 5.92 Å². The van der Waals surface area contributed by atoms with Crippen molar-refractivity contribution in [2.75, 3.05) is 6.54 Å². The van der Waals surface area contributed by atoms with E-state index in [-0.39, 0.29) is 12.0 Å². The van der Waals surface area contributed by atoms with Gasteiger partial charge in [-0.2, -0.15) is 0 Å². The van der Waals surface area contributed by atoms with E-state index in [1.54, 1.807) is 0 Å². The van der Waals surface area contributed by atoms with Gasteiger partial charge in [-0.25, -0.2) is 0 Å². The van der Waals surface area contributed by atoms with Crippen LogP contribution in [0.3, 0.4) is 0 Å². The molecule has 1 aliphatic heterocycles. The van der Waals surface area contributed by atoms with Gasteiger partial charge in [0, 0.05) is 12.7 Å². The molecular formula is C13H18N2O2. The molecule has 0 bridgehead atoms. The van der Waals surface area contributed by atoms with Crippen LogP contribution in [0.15, 0.2) is 18.3 Å². The summed E-state index contributed by atoms with van der Waals surface area (Å²) in [6.07, 6.45) is 2.77. The highest BCUT2D eigenvalue weighted by molar-refractivity contribution is 5.74. The fraction of sp³-hybridized carbons (Fsp3) is 0.538. The number of likely N-dealkylation sites (tertiary alicyclic amines) is 1. The van der Waals surface area contributed by atoms with Crippen molar-refractivity contribution < 1.29 is 9.90 Å². The van der Waals surface area contributed by atoms with E-state index in [1.165, 1.54) is 0 Å². The second kappa shape index (κ2) is 4.84. The lowest BCUT2D eigenvalue weighted by Gasteiger charge is -2.22. The third kappa shape index (κ3) is 2.64. The molecule has 92 valence electrons. The van der Waals surface area contributed by atoms with E-state index in [0.717, 1.165) is 24.2 Å². The molecule has 1 aromatic rings. The maximum absolute atomic E-state index is 11.2. The van der Waals surface area contributed by atoms with Gasteiger partial charge in [0.05, 0.1) is 5.69 Å². The maximum Gasteiger partial charge on any atom is 0.321 e. The molecule has 0 saturated carbocycles. The van der Waals surface area contributed by atoms with Gasteiger partial charge in [-0.3, -0.25) is 14.7 Å². The van der Waals surface area contributed by atoms with Gasteiger partial charge in [0.25, 0.3) is 0 Å². The average molecular weight is 234 g/mol. The lowest BCUT2D eigenvalue weighted by molar-refractivity contribution is -0.143. The van der Waals surface area contributed by atoms with Crippen LogP contribution in [0.2, 0.25) is 0 Å². The van der Waals surface area contributed by atoms with Gasteiger partial charge >= 0.3 is 5.97 Å². The third-order valence-corrected chi connectivity index (χ3v) is 3.39. The Morgan fingerprint density at radius 3 is 2.94 bits per heavy atom. The molecule has 2 rings (SSSR count). The quantitative estimate of drug-likeness (QED) is 0.864. The van der Waals surface area contributed by atoms with Crippen molar-refractivity contribution in [1.82, 2.24) is 9.88 Å². The van der Waals surface area contributed by atoms with Crippen LogP contribution in [0.25, 0.3) is 0 Å². The lowest BCUT2D eigenvalue weighted by Crippen LogP contribution is -2.38. The second-order valence-corrected chi connectivity index (χ2v) is 4.85. The Balaban J connectivity index is 2.08. The number of aryl methyl sites for hydroxylation is 1. The predicted molar refractivity (Wildman–Crippen MR) is 64.6 cm³/mol. The van der Waals surface area contributed by atoms with Crippen LogP contribution in [0.4, 0.5) is 0 Å². The van der Waals surface area contributed by atoms with Crippen LogP contribution in [-0.2, 0) is 11.3 Å². The number of carboxylic acid groups (broad SMARTS) is 1. The summed E-state index contributed by atoms with van der Waals surface area (Å²) >= 11 is 0. The van der Waals surface area contributed by atoms with Crippen molar-refractivity contribution in [3.63, 3.8) is 0 Å². The van der Waals surface area contributed by atoms with Crippen LogP contribution in [0, 0.1) is 12.8 Å². The summed E-state index contributed by atoms with van der Waals surface area (Å²) < 4.78 is 0. The first-order valence-electron chi connectivity index (χ1n) is 5.96. The fourth-order valence-corrected chi connectivity index (χ4v) is 2.40. The number of carbonyl (C=O) groups is 1. The standard InChI is InChI=1S/C13H18N2O2/c1-9-3-4-11(14-7-9)8-15-6-5-10(2)12(15)13(16)17/h3-4,7,10,12H,5-6,8H2,1-2H3,(H,16,17). The Kier molecular flexibility index (Phi) is 3.43. The van der Waals surface area contributed by atoms with Crippen LogP contribution in [0.5, 0.6) is 0 Å². The van der Waals surface area contributed by atoms with Crippen molar-refractivity contribution in [2.45, 2.75) is 32.9 Å². The largest absolute Gasteiger partial charge is 0.480 e. The van der Waals surface area contributed by atoms with Gasteiger partial charge in [-0.1, -0.05) is 13.0 Å². The highest BCUT2D eigenvalue weighted by Gasteiger charge is 2.36. The number of nitrogens with zero attached hydrogens (tertiary/aromatic N) is 2. The Hall–Kier alpha value is -1.42. The van der Waals surface area contributed by atoms with E-state index in [0.29, 0.717) is 6.54 Å². The van der Waals surface area contributed by atoms with Gasteiger partial charge in [0.2, 0.25) is 0 Å². The number of carboxylic acids is 1. The summed E-state index contributed by atoms with van der Waals surface area (Å²) in [4.78, 5) is 17.5. The number of hydrogen-bond acceptors (Lipinski definition) is 3. The molecule has 1 aromatic heterocycles. The molecule has 2 unspecified atom stereocenters. The number of rotatable bonds is 3. The van der Waals surface area contributed by atoms with E-state index in [9.17, 15) is 9.90 Å². The maximum atomic E-state index is 11.2. The smallest absolute Gasteiger partial charge is 0.321 e. The molecule has 2 atom stereocenters. The first-order valence-corrected chi connectivity index (χ1v) is 5.96. The zero-order valence-electron chi connectivity index (χ0n) is 10.3. The van der Waals surface area contributed by atoms with E-state index < -0.39 is 5.97 Å². The van der Waals surface area contributed by atoms with E-state index in [1.807, 2.05) is 37.1 Å². The minimum atomic E-state index is -0.720. The molecule has 4 nitrogen and oxygen atoms in total. The van der Waals surface area contributed by atoms with E-state index in [2.05, 4.69) is 4.98 Å². The average Bonchev–Trinajstić information content (AvgIpc) is 2.63. The minimum absolute atomic E-state index is 0.220. The Bertz CT molecular complexity index is 402. The van der Waals surface area contributed by atoms with E-state index >= 15 is 0 Å². The summed E-state index contributed by atoms with van der Waals surface area (Å²) in [5, 5.41) is 9.21. The van der Waals surface area contributed by atoms with Gasteiger partial charge in [0.1, 0.15) is 6.04 Å². The van der Waals surface area contributed by atoms with Crippen molar-refractivity contribution in [3.05, 3.63) is 29.6 Å². The predicted octanol–water partition coefficient (Wildman–Crippen LogP) is 1.69. The first-order chi connectivity index (χ1) is 8.08. The summed E-state index contributed by atoms with van der Waals surface area (Å²) in [5.41, 5.74) is 2.06. The van der Waals surface area contributed by atoms with Crippen molar-refractivity contribution in [3.8, 4) is 0 Å². The van der Waals surface area contributed by atoms with Crippen LogP contribution < -0.4 is 0 Å².